The van der Waals surface area contributed by atoms with Gasteiger partial charge in [0.15, 0.2) is 5.13 Å². The maximum Gasteiger partial charge on any atom is 0.257 e. The number of hydrogen-bond acceptors (Lipinski definition) is 8. The van der Waals surface area contributed by atoms with Gasteiger partial charge in [0.25, 0.3) is 5.91 Å². The van der Waals surface area contributed by atoms with E-state index in [4.69, 9.17) is 9.47 Å². The van der Waals surface area contributed by atoms with Crippen LogP contribution in [0.15, 0.2) is 54.2 Å². The molecule has 10 heteroatoms. The fraction of sp³-hybridized carbons (Fsp3) is 0.105. The first-order chi connectivity index (χ1) is 14.2. The number of methoxy groups -OCH3 is 2. The SMILES string of the molecule is COc1ccc(-c2csc(NC(=O)c3cccc(-n4cnnn4)c3)n2)c(OC)c1. The van der Waals surface area contributed by atoms with E-state index < -0.39 is 0 Å². The summed E-state index contributed by atoms with van der Waals surface area (Å²) < 4.78 is 12.1. The molecule has 29 heavy (non-hydrogen) atoms. The molecule has 0 aliphatic carbocycles. The van der Waals surface area contributed by atoms with Crippen molar-refractivity contribution in [2.24, 2.45) is 0 Å². The van der Waals surface area contributed by atoms with Crippen LogP contribution in [0.5, 0.6) is 11.5 Å². The maximum absolute atomic E-state index is 12.6. The number of tetrazole rings is 1. The Morgan fingerprint density at radius 2 is 2.03 bits per heavy atom. The van der Waals surface area contributed by atoms with E-state index >= 15 is 0 Å². The standard InChI is InChI=1S/C19H16N6O3S/c1-27-14-6-7-15(17(9-14)28-2)16-10-29-19(21-16)22-18(26)12-4-3-5-13(8-12)25-11-20-23-24-25/h3-11H,1-2H3,(H,21,22,26). The lowest BCUT2D eigenvalue weighted by molar-refractivity contribution is 0.102. The summed E-state index contributed by atoms with van der Waals surface area (Å²) in [4.78, 5) is 17.2. The third-order valence-electron chi connectivity index (χ3n) is 4.13. The minimum absolute atomic E-state index is 0.275. The second-order valence-corrected chi connectivity index (χ2v) is 6.72. The summed E-state index contributed by atoms with van der Waals surface area (Å²) in [7, 11) is 3.18. The van der Waals surface area contributed by atoms with Crippen molar-refractivity contribution < 1.29 is 14.3 Å². The van der Waals surface area contributed by atoms with Crippen LogP contribution in [-0.2, 0) is 0 Å². The highest BCUT2D eigenvalue weighted by Gasteiger charge is 2.14. The second-order valence-electron chi connectivity index (χ2n) is 5.86. The van der Waals surface area contributed by atoms with Gasteiger partial charge in [0.2, 0.25) is 0 Å². The molecule has 146 valence electrons. The van der Waals surface area contributed by atoms with Crippen molar-refractivity contribution >= 4 is 22.4 Å². The molecule has 0 bridgehead atoms. The lowest BCUT2D eigenvalue weighted by atomic mass is 10.1. The lowest BCUT2D eigenvalue weighted by Gasteiger charge is -2.08. The first kappa shape index (κ1) is 18.6. The number of rotatable bonds is 6. The van der Waals surface area contributed by atoms with Crippen LogP contribution in [-0.4, -0.2) is 45.3 Å². The summed E-state index contributed by atoms with van der Waals surface area (Å²) in [5, 5.41) is 16.2. The van der Waals surface area contributed by atoms with E-state index in [1.807, 2.05) is 23.6 Å². The number of amides is 1. The van der Waals surface area contributed by atoms with Crippen LogP contribution in [0.25, 0.3) is 16.9 Å². The van der Waals surface area contributed by atoms with Gasteiger partial charge >= 0.3 is 0 Å². The molecular formula is C19H16N6O3S. The molecule has 0 spiro atoms. The molecular weight excluding hydrogens is 392 g/mol. The van der Waals surface area contributed by atoms with Gasteiger partial charge in [-0.15, -0.1) is 16.4 Å². The van der Waals surface area contributed by atoms with Crippen molar-refractivity contribution in [3.05, 3.63) is 59.7 Å². The molecule has 2 aromatic carbocycles. The molecule has 0 aliphatic heterocycles. The average Bonchev–Trinajstić information content (AvgIpc) is 3.46. The predicted octanol–water partition coefficient (Wildman–Crippen LogP) is 3.06. The smallest absolute Gasteiger partial charge is 0.257 e. The molecule has 0 saturated heterocycles. The van der Waals surface area contributed by atoms with Gasteiger partial charge < -0.3 is 9.47 Å². The fourth-order valence-corrected chi connectivity index (χ4v) is 3.41. The highest BCUT2D eigenvalue weighted by molar-refractivity contribution is 7.14. The maximum atomic E-state index is 12.6. The summed E-state index contributed by atoms with van der Waals surface area (Å²) in [6.07, 6.45) is 1.46. The third-order valence-corrected chi connectivity index (χ3v) is 4.89. The molecule has 1 N–H and O–H groups in total. The van der Waals surface area contributed by atoms with Gasteiger partial charge in [-0.05, 0) is 40.8 Å². The van der Waals surface area contributed by atoms with Gasteiger partial charge in [0, 0.05) is 22.6 Å². The summed E-state index contributed by atoms with van der Waals surface area (Å²) in [6, 6.07) is 12.5. The lowest BCUT2D eigenvalue weighted by Crippen LogP contribution is -2.12. The number of hydrogen-bond donors (Lipinski definition) is 1. The number of nitrogens with one attached hydrogen (secondary N) is 1. The molecule has 0 fully saturated rings. The zero-order valence-electron chi connectivity index (χ0n) is 15.6. The number of nitrogens with zero attached hydrogens (tertiary/aromatic N) is 5. The van der Waals surface area contributed by atoms with Gasteiger partial charge in [-0.25, -0.2) is 9.67 Å². The first-order valence-corrected chi connectivity index (χ1v) is 9.38. The average molecular weight is 408 g/mol. The number of carbonyl (C=O) groups excluding carboxylic acids is 1. The van der Waals surface area contributed by atoms with E-state index in [0.717, 1.165) is 5.56 Å². The zero-order chi connectivity index (χ0) is 20.2. The number of thiazole rings is 1. The van der Waals surface area contributed by atoms with Gasteiger partial charge in [0.1, 0.15) is 17.8 Å². The molecule has 0 saturated carbocycles. The molecule has 0 unspecified atom stereocenters. The molecule has 4 aromatic rings. The molecule has 0 radical (unpaired) electrons. The fourth-order valence-electron chi connectivity index (χ4n) is 2.70. The van der Waals surface area contributed by atoms with Crippen LogP contribution in [0.1, 0.15) is 10.4 Å². The highest BCUT2D eigenvalue weighted by Crippen LogP contribution is 2.34. The van der Waals surface area contributed by atoms with Crippen LogP contribution in [0.3, 0.4) is 0 Å². The van der Waals surface area contributed by atoms with E-state index in [2.05, 4.69) is 25.8 Å². The molecule has 0 aliphatic rings. The van der Waals surface area contributed by atoms with E-state index in [9.17, 15) is 4.79 Å². The van der Waals surface area contributed by atoms with Gasteiger partial charge in [-0.3, -0.25) is 10.1 Å². The zero-order valence-corrected chi connectivity index (χ0v) is 16.4. The third kappa shape index (κ3) is 3.92. The first-order valence-electron chi connectivity index (χ1n) is 8.50. The van der Waals surface area contributed by atoms with Crippen LogP contribution < -0.4 is 14.8 Å². The second kappa shape index (κ2) is 8.07. The Kier molecular flexibility index (Phi) is 5.16. The Morgan fingerprint density at radius 1 is 1.14 bits per heavy atom. The minimum Gasteiger partial charge on any atom is -0.497 e. The van der Waals surface area contributed by atoms with Gasteiger partial charge in [-0.2, -0.15) is 0 Å². The summed E-state index contributed by atoms with van der Waals surface area (Å²) >= 11 is 1.33. The summed E-state index contributed by atoms with van der Waals surface area (Å²) in [5.41, 5.74) is 2.67. The number of benzene rings is 2. The minimum atomic E-state index is -0.275. The Labute approximate surface area is 169 Å². The molecule has 4 rings (SSSR count). The number of carbonyl (C=O) groups is 1. The summed E-state index contributed by atoms with van der Waals surface area (Å²) in [6.45, 7) is 0. The van der Waals surface area contributed by atoms with E-state index in [0.29, 0.717) is 33.6 Å². The van der Waals surface area contributed by atoms with Crippen LogP contribution in [0.2, 0.25) is 0 Å². The van der Waals surface area contributed by atoms with Crippen LogP contribution in [0, 0.1) is 0 Å². The molecule has 1 amide bonds. The molecule has 9 nitrogen and oxygen atoms in total. The number of ether oxygens (including phenoxy) is 2. The van der Waals surface area contributed by atoms with Crippen molar-refractivity contribution in [2.75, 3.05) is 19.5 Å². The number of aromatic nitrogens is 5. The van der Waals surface area contributed by atoms with Crippen molar-refractivity contribution in [1.82, 2.24) is 25.2 Å². The summed E-state index contributed by atoms with van der Waals surface area (Å²) in [5.74, 6) is 1.06. The van der Waals surface area contributed by atoms with Crippen LogP contribution in [0.4, 0.5) is 5.13 Å². The Bertz CT molecular complexity index is 1140. The molecule has 2 heterocycles. The van der Waals surface area contributed by atoms with Crippen molar-refractivity contribution in [3.63, 3.8) is 0 Å². The van der Waals surface area contributed by atoms with E-state index in [-0.39, 0.29) is 5.91 Å². The van der Waals surface area contributed by atoms with E-state index in [1.54, 1.807) is 38.5 Å². The molecule has 2 aromatic heterocycles. The quantitative estimate of drug-likeness (QED) is 0.523. The van der Waals surface area contributed by atoms with E-state index in [1.165, 1.54) is 22.3 Å². The van der Waals surface area contributed by atoms with Gasteiger partial charge in [0.05, 0.1) is 25.6 Å². The monoisotopic (exact) mass is 408 g/mol. The Balaban J connectivity index is 1.54. The van der Waals surface area contributed by atoms with Crippen molar-refractivity contribution in [2.45, 2.75) is 0 Å². The van der Waals surface area contributed by atoms with Gasteiger partial charge in [-0.1, -0.05) is 6.07 Å². The Hall–Kier alpha value is -3.79. The topological polar surface area (TPSA) is 104 Å². The number of anilines is 1. The van der Waals surface area contributed by atoms with Crippen molar-refractivity contribution in [1.29, 1.82) is 0 Å². The van der Waals surface area contributed by atoms with Crippen LogP contribution >= 0.6 is 11.3 Å². The molecule has 0 atom stereocenters. The normalized spacial score (nSPS) is 10.6. The Morgan fingerprint density at radius 3 is 2.79 bits per heavy atom. The highest BCUT2D eigenvalue weighted by atomic mass is 32.1. The van der Waals surface area contributed by atoms with Crippen molar-refractivity contribution in [3.8, 4) is 28.4 Å². The predicted molar refractivity (Wildman–Crippen MR) is 108 cm³/mol. The largest absolute Gasteiger partial charge is 0.497 e.